The van der Waals surface area contributed by atoms with E-state index in [1.807, 2.05) is 0 Å². The number of amides is 1. The third-order valence-corrected chi connectivity index (χ3v) is 1.64. The molecule has 0 saturated carbocycles. The number of carbonyl (C=O) groups is 1. The van der Waals surface area contributed by atoms with Crippen LogP contribution in [0.4, 0.5) is 4.79 Å². The summed E-state index contributed by atoms with van der Waals surface area (Å²) in [5.41, 5.74) is 0. The Morgan fingerprint density at radius 2 is 2.56 bits per heavy atom. The monoisotopic (exact) mass is 164 g/mol. The highest BCUT2D eigenvalue weighted by molar-refractivity contribution is 7.80. The molecule has 1 N–H and O–H groups in total. The molecular weight excluding hydrogens is 160 g/mol. The van der Waals surface area contributed by atoms with Gasteiger partial charge in [0.2, 0.25) is 0 Å². The molecule has 0 spiro atoms. The van der Waals surface area contributed by atoms with E-state index in [2.05, 4.69) is 5.32 Å². The molecule has 50 valence electrons. The van der Waals surface area contributed by atoms with Crippen molar-refractivity contribution in [3.63, 3.8) is 0 Å². The highest BCUT2D eigenvalue weighted by atomic mass is 35.5. The number of hydrogen-bond acceptors (Lipinski definition) is 2. The Balaban J connectivity index is 2.60. The van der Waals surface area contributed by atoms with E-state index in [0.29, 0.717) is 18.2 Å². The average Bonchev–Trinajstić information content (AvgIpc) is 2.13. The second-order valence-corrected chi connectivity index (χ2v) is 2.35. The molecule has 1 amide bonds. The van der Waals surface area contributed by atoms with Crippen LogP contribution in [0.15, 0.2) is 0 Å². The average molecular weight is 165 g/mol. The number of hydrogen-bond donors (Lipinski definition) is 1. The van der Waals surface area contributed by atoms with Crippen LogP contribution in [-0.2, 0) is 0 Å². The number of nitrogens with one attached hydrogen (secondary N) is 1. The van der Waals surface area contributed by atoms with Gasteiger partial charge in [0.15, 0.2) is 5.11 Å². The van der Waals surface area contributed by atoms with Gasteiger partial charge >= 0.3 is 5.37 Å². The zero-order valence-electron chi connectivity index (χ0n) is 4.56. The van der Waals surface area contributed by atoms with Crippen molar-refractivity contribution in [2.45, 2.75) is 0 Å². The van der Waals surface area contributed by atoms with Crippen LogP contribution in [0.5, 0.6) is 0 Å². The van der Waals surface area contributed by atoms with E-state index in [-0.39, 0.29) is 0 Å². The Morgan fingerprint density at radius 3 is 2.78 bits per heavy atom. The minimum atomic E-state index is -0.509. The molecule has 0 aromatic carbocycles. The molecule has 1 aliphatic rings. The van der Waals surface area contributed by atoms with Crippen molar-refractivity contribution in [3.8, 4) is 0 Å². The zero-order chi connectivity index (χ0) is 6.85. The SMILES string of the molecule is O=C(Cl)N1CCNC1=S. The largest absolute Gasteiger partial charge is 0.360 e. The molecular formula is C4H5ClN2OS. The summed E-state index contributed by atoms with van der Waals surface area (Å²) in [5, 5.41) is 2.72. The van der Waals surface area contributed by atoms with E-state index in [1.54, 1.807) is 0 Å². The molecule has 1 saturated heterocycles. The van der Waals surface area contributed by atoms with Crippen LogP contribution in [0, 0.1) is 0 Å². The van der Waals surface area contributed by atoms with Crippen molar-refractivity contribution in [3.05, 3.63) is 0 Å². The fourth-order valence-electron chi connectivity index (χ4n) is 0.639. The molecule has 1 heterocycles. The summed E-state index contributed by atoms with van der Waals surface area (Å²) in [6, 6.07) is 0. The van der Waals surface area contributed by atoms with Gasteiger partial charge in [-0.3, -0.25) is 9.69 Å². The molecule has 0 aliphatic carbocycles. The van der Waals surface area contributed by atoms with E-state index < -0.39 is 5.37 Å². The van der Waals surface area contributed by atoms with E-state index in [4.69, 9.17) is 23.8 Å². The maximum Gasteiger partial charge on any atom is 0.322 e. The molecule has 0 aromatic rings. The van der Waals surface area contributed by atoms with Crippen molar-refractivity contribution >= 4 is 34.3 Å². The van der Waals surface area contributed by atoms with Crippen LogP contribution in [0.1, 0.15) is 0 Å². The molecule has 0 bridgehead atoms. The summed E-state index contributed by atoms with van der Waals surface area (Å²) in [6.07, 6.45) is 0. The van der Waals surface area contributed by atoms with Gasteiger partial charge in [-0.05, 0) is 23.8 Å². The molecule has 3 nitrogen and oxygen atoms in total. The maximum atomic E-state index is 10.4. The summed E-state index contributed by atoms with van der Waals surface area (Å²) in [7, 11) is 0. The van der Waals surface area contributed by atoms with Crippen molar-refractivity contribution in [1.29, 1.82) is 0 Å². The van der Waals surface area contributed by atoms with E-state index in [9.17, 15) is 4.79 Å². The smallest absolute Gasteiger partial charge is 0.322 e. The molecule has 1 rings (SSSR count). The zero-order valence-corrected chi connectivity index (χ0v) is 6.13. The van der Waals surface area contributed by atoms with Gasteiger partial charge in [-0.1, -0.05) is 0 Å². The molecule has 1 aliphatic heterocycles. The Hall–Kier alpha value is -0.350. The summed E-state index contributed by atoms with van der Waals surface area (Å²) in [6.45, 7) is 1.29. The second-order valence-electron chi connectivity index (χ2n) is 1.64. The second kappa shape index (κ2) is 2.49. The van der Waals surface area contributed by atoms with E-state index in [0.717, 1.165) is 0 Å². The molecule has 0 aromatic heterocycles. The van der Waals surface area contributed by atoms with Crippen molar-refractivity contribution < 1.29 is 4.79 Å². The minimum absolute atomic E-state index is 0.426. The summed E-state index contributed by atoms with van der Waals surface area (Å²) < 4.78 is 0. The van der Waals surface area contributed by atoms with Crippen LogP contribution < -0.4 is 5.32 Å². The lowest BCUT2D eigenvalue weighted by Crippen LogP contribution is -2.29. The normalized spacial score (nSPS) is 17.9. The van der Waals surface area contributed by atoms with Crippen LogP contribution in [-0.4, -0.2) is 28.5 Å². The lowest BCUT2D eigenvalue weighted by Gasteiger charge is -2.07. The van der Waals surface area contributed by atoms with Crippen LogP contribution in [0.2, 0.25) is 0 Å². The molecule has 1 fully saturated rings. The standard InChI is InChI=1S/C4H5ClN2OS/c5-3(8)7-2-1-6-4(7)9/h1-2H2,(H,6,9). The summed E-state index contributed by atoms with van der Waals surface area (Å²) in [4.78, 5) is 11.7. The highest BCUT2D eigenvalue weighted by Crippen LogP contribution is 2.01. The number of thiocarbonyl (C=S) groups is 1. The molecule has 0 unspecified atom stereocenters. The van der Waals surface area contributed by atoms with Gasteiger partial charge in [0.05, 0.1) is 0 Å². The van der Waals surface area contributed by atoms with Crippen LogP contribution in [0.25, 0.3) is 0 Å². The number of rotatable bonds is 0. The van der Waals surface area contributed by atoms with Gasteiger partial charge in [0, 0.05) is 13.1 Å². The fourth-order valence-corrected chi connectivity index (χ4v) is 1.13. The van der Waals surface area contributed by atoms with Crippen LogP contribution in [0.3, 0.4) is 0 Å². The summed E-state index contributed by atoms with van der Waals surface area (Å²) in [5.74, 6) is 0. The predicted molar refractivity (Wildman–Crippen MR) is 38.6 cm³/mol. The first kappa shape index (κ1) is 6.77. The predicted octanol–water partition coefficient (Wildman–Crippen LogP) is 0.535. The van der Waals surface area contributed by atoms with Gasteiger partial charge in [0.1, 0.15) is 0 Å². The first-order chi connectivity index (χ1) is 4.22. The first-order valence-electron chi connectivity index (χ1n) is 2.46. The topological polar surface area (TPSA) is 32.3 Å². The maximum absolute atomic E-state index is 10.4. The quantitative estimate of drug-likeness (QED) is 0.322. The van der Waals surface area contributed by atoms with Gasteiger partial charge in [-0.25, -0.2) is 0 Å². The Bertz CT molecular complexity index is 161. The molecule has 5 heteroatoms. The Kier molecular flexibility index (Phi) is 1.87. The van der Waals surface area contributed by atoms with Crippen LogP contribution >= 0.6 is 23.8 Å². The van der Waals surface area contributed by atoms with Gasteiger partial charge in [-0.15, -0.1) is 0 Å². The van der Waals surface area contributed by atoms with E-state index in [1.165, 1.54) is 4.90 Å². The minimum Gasteiger partial charge on any atom is -0.360 e. The van der Waals surface area contributed by atoms with Gasteiger partial charge in [0.25, 0.3) is 0 Å². The molecule has 0 atom stereocenters. The van der Waals surface area contributed by atoms with Crippen molar-refractivity contribution in [2.24, 2.45) is 0 Å². The van der Waals surface area contributed by atoms with Crippen molar-refractivity contribution in [1.82, 2.24) is 10.2 Å². The number of nitrogens with zero attached hydrogens (tertiary/aromatic N) is 1. The molecule has 9 heavy (non-hydrogen) atoms. The van der Waals surface area contributed by atoms with Crippen molar-refractivity contribution in [2.75, 3.05) is 13.1 Å². The lowest BCUT2D eigenvalue weighted by atomic mass is 10.7. The number of carbonyl (C=O) groups excluding carboxylic acids is 1. The first-order valence-corrected chi connectivity index (χ1v) is 3.25. The fraction of sp³-hybridized carbons (Fsp3) is 0.500. The highest BCUT2D eigenvalue weighted by Gasteiger charge is 2.20. The third kappa shape index (κ3) is 1.31. The lowest BCUT2D eigenvalue weighted by molar-refractivity contribution is 0.246. The van der Waals surface area contributed by atoms with Gasteiger partial charge < -0.3 is 5.32 Å². The third-order valence-electron chi connectivity index (χ3n) is 1.07. The van der Waals surface area contributed by atoms with E-state index >= 15 is 0 Å². The Labute approximate surface area is 63.0 Å². The summed E-state index contributed by atoms with van der Waals surface area (Å²) >= 11 is 9.86. The number of halogens is 1. The molecule has 0 radical (unpaired) electrons. The Morgan fingerprint density at radius 1 is 1.89 bits per heavy atom. The van der Waals surface area contributed by atoms with Gasteiger partial charge in [-0.2, -0.15) is 0 Å².